The number of amides is 1. The number of rotatable bonds is 8. The number of likely N-dealkylation sites (tertiary alicyclic amines) is 1. The van der Waals surface area contributed by atoms with Crippen LogP contribution in [0.15, 0.2) is 46.2 Å². The first kappa shape index (κ1) is 30.7. The van der Waals surface area contributed by atoms with Crippen LogP contribution >= 0.6 is 11.8 Å². The molecule has 0 spiro atoms. The van der Waals surface area contributed by atoms with E-state index in [1.54, 1.807) is 23.6 Å². The van der Waals surface area contributed by atoms with Gasteiger partial charge >= 0.3 is 0 Å². The monoisotopic (exact) mass is 626 g/mol. The zero-order chi connectivity index (χ0) is 31.0. The fraction of sp³-hybridized carbons (Fsp3) is 0.455. The molecule has 3 aromatic rings. The molecular formula is C33H37F3N4O3S. The van der Waals surface area contributed by atoms with Gasteiger partial charge in [0, 0.05) is 69.1 Å². The molecule has 1 unspecified atom stereocenters. The van der Waals surface area contributed by atoms with E-state index in [9.17, 15) is 18.4 Å². The second kappa shape index (κ2) is 13.0. The van der Waals surface area contributed by atoms with Gasteiger partial charge < -0.3 is 9.64 Å². The number of hydrogen-bond acceptors (Lipinski definition) is 6. The van der Waals surface area contributed by atoms with E-state index in [4.69, 9.17) is 4.74 Å². The van der Waals surface area contributed by atoms with Crippen LogP contribution in [0.1, 0.15) is 35.6 Å². The molecule has 3 aliphatic rings. The van der Waals surface area contributed by atoms with E-state index in [2.05, 4.69) is 9.80 Å². The van der Waals surface area contributed by atoms with Crippen molar-refractivity contribution in [2.24, 2.45) is 0 Å². The second-order valence-corrected chi connectivity index (χ2v) is 12.8. The normalized spacial score (nSPS) is 19.0. The summed E-state index contributed by atoms with van der Waals surface area (Å²) in [5, 5.41) is 0.669. The molecule has 0 aliphatic carbocycles. The van der Waals surface area contributed by atoms with Crippen molar-refractivity contribution in [1.29, 1.82) is 0 Å². The van der Waals surface area contributed by atoms with E-state index in [-0.39, 0.29) is 46.4 Å². The molecule has 1 atom stereocenters. The lowest BCUT2D eigenvalue weighted by Crippen LogP contribution is -2.51. The molecule has 0 bridgehead atoms. The molecule has 234 valence electrons. The molecular weight excluding hydrogens is 589 g/mol. The number of benzene rings is 2. The molecule has 0 saturated carbocycles. The number of carbonyl (C=O) groups excluding carboxylic acids is 1. The molecule has 0 N–H and O–H groups in total. The minimum Gasteiger partial charge on any atom is -0.494 e. The summed E-state index contributed by atoms with van der Waals surface area (Å²) < 4.78 is 52.2. The number of aromatic nitrogens is 1. The largest absolute Gasteiger partial charge is 0.494 e. The molecule has 2 saturated heterocycles. The van der Waals surface area contributed by atoms with Gasteiger partial charge in [-0.15, -0.1) is 11.8 Å². The fourth-order valence-electron chi connectivity index (χ4n) is 6.65. The Morgan fingerprint density at radius 3 is 2.27 bits per heavy atom. The number of ether oxygens (including phenoxy) is 1. The third-order valence-corrected chi connectivity index (χ3v) is 10.4. The van der Waals surface area contributed by atoms with Crippen molar-refractivity contribution in [2.45, 2.75) is 37.3 Å². The van der Waals surface area contributed by atoms with Gasteiger partial charge in [-0.3, -0.25) is 24.0 Å². The van der Waals surface area contributed by atoms with Gasteiger partial charge in [0.2, 0.25) is 5.91 Å². The van der Waals surface area contributed by atoms with Gasteiger partial charge in [0.05, 0.1) is 30.3 Å². The Hall–Kier alpha value is -3.28. The Bertz CT molecular complexity index is 1600. The number of thioether (sulfide) groups is 1. The standard InChI is InChI=1S/C33H37F3N4O3S/c1-21-24(17-25-26(34)8-6-9-27(25)35)33-40(32(42)30(21)23-7-5-10-28(43-2)31(23)36)22(20-44-33)18-37-13-15-38(16-14-37)19-29(41)39-11-3-4-12-39/h5-10,22H,3-4,11-20H2,1-2H3. The smallest absolute Gasteiger partial charge is 0.260 e. The average Bonchev–Trinajstić information content (AvgIpc) is 3.70. The molecule has 1 aromatic heterocycles. The Labute approximate surface area is 259 Å². The Morgan fingerprint density at radius 1 is 0.932 bits per heavy atom. The Morgan fingerprint density at radius 2 is 1.59 bits per heavy atom. The van der Waals surface area contributed by atoms with Crippen molar-refractivity contribution in [3.05, 3.63) is 80.9 Å². The van der Waals surface area contributed by atoms with Crippen LogP contribution in [0.25, 0.3) is 11.1 Å². The number of carbonyl (C=O) groups is 1. The molecule has 3 aliphatic heterocycles. The van der Waals surface area contributed by atoms with Crippen LogP contribution < -0.4 is 10.3 Å². The predicted octanol–water partition coefficient (Wildman–Crippen LogP) is 4.73. The predicted molar refractivity (Wildman–Crippen MR) is 165 cm³/mol. The summed E-state index contributed by atoms with van der Waals surface area (Å²) in [6.45, 7) is 7.48. The molecule has 1 amide bonds. The Kier molecular flexibility index (Phi) is 9.07. The zero-order valence-electron chi connectivity index (χ0n) is 25.1. The van der Waals surface area contributed by atoms with Crippen LogP contribution in [0.3, 0.4) is 0 Å². The summed E-state index contributed by atoms with van der Waals surface area (Å²) in [5.41, 5.74) is 0.980. The van der Waals surface area contributed by atoms with Crippen molar-refractivity contribution >= 4 is 17.7 Å². The first-order chi connectivity index (χ1) is 21.3. The number of hydrogen-bond donors (Lipinski definition) is 0. The van der Waals surface area contributed by atoms with Gasteiger partial charge in [-0.05, 0) is 49.1 Å². The van der Waals surface area contributed by atoms with Crippen LogP contribution in [0.2, 0.25) is 0 Å². The molecule has 44 heavy (non-hydrogen) atoms. The molecule has 6 rings (SSSR count). The van der Waals surface area contributed by atoms with Crippen molar-refractivity contribution in [3.8, 4) is 16.9 Å². The summed E-state index contributed by atoms with van der Waals surface area (Å²) in [5.74, 6) is -1.16. The maximum atomic E-state index is 15.6. The van der Waals surface area contributed by atoms with Crippen LogP contribution in [-0.2, 0) is 11.2 Å². The highest BCUT2D eigenvalue weighted by Crippen LogP contribution is 2.41. The van der Waals surface area contributed by atoms with Gasteiger partial charge in [-0.2, -0.15) is 0 Å². The molecule has 7 nitrogen and oxygen atoms in total. The first-order valence-corrected chi connectivity index (χ1v) is 16.1. The van der Waals surface area contributed by atoms with E-state index in [0.29, 0.717) is 35.0 Å². The molecule has 4 heterocycles. The quantitative estimate of drug-likeness (QED) is 0.361. The summed E-state index contributed by atoms with van der Waals surface area (Å²) in [6.07, 6.45) is 2.08. The highest BCUT2D eigenvalue weighted by atomic mass is 32.2. The number of pyridine rings is 1. The lowest BCUT2D eigenvalue weighted by Gasteiger charge is -2.36. The third kappa shape index (κ3) is 5.89. The summed E-state index contributed by atoms with van der Waals surface area (Å²) >= 11 is 1.50. The molecule has 2 fully saturated rings. The topological polar surface area (TPSA) is 58.0 Å². The SMILES string of the molecule is COc1cccc(-c2c(C)c(Cc3c(F)cccc3F)c3n(c2=O)C(CN2CCN(CC(=O)N4CCCC4)CC2)CS3)c1F. The summed E-state index contributed by atoms with van der Waals surface area (Å²) in [6, 6.07) is 8.22. The number of nitrogens with zero attached hydrogens (tertiary/aromatic N) is 4. The minimum atomic E-state index is -0.663. The van der Waals surface area contributed by atoms with Crippen molar-refractivity contribution < 1.29 is 22.7 Å². The minimum absolute atomic E-state index is 0.0144. The number of piperazine rings is 1. The number of methoxy groups -OCH3 is 1. The lowest BCUT2D eigenvalue weighted by atomic mass is 9.94. The van der Waals surface area contributed by atoms with Crippen molar-refractivity contribution in [2.75, 3.05) is 65.2 Å². The highest BCUT2D eigenvalue weighted by Gasteiger charge is 2.34. The van der Waals surface area contributed by atoms with E-state index >= 15 is 4.39 Å². The van der Waals surface area contributed by atoms with E-state index in [0.717, 1.165) is 52.1 Å². The maximum absolute atomic E-state index is 15.6. The van der Waals surface area contributed by atoms with Crippen LogP contribution in [0.5, 0.6) is 5.75 Å². The van der Waals surface area contributed by atoms with Gasteiger partial charge in [-0.25, -0.2) is 13.2 Å². The number of fused-ring (bicyclic) bond motifs is 1. The van der Waals surface area contributed by atoms with Gasteiger partial charge in [-0.1, -0.05) is 18.2 Å². The maximum Gasteiger partial charge on any atom is 0.260 e. The van der Waals surface area contributed by atoms with Crippen LogP contribution in [0, 0.1) is 24.4 Å². The number of halogens is 3. The summed E-state index contributed by atoms with van der Waals surface area (Å²) in [4.78, 5) is 33.3. The molecule has 11 heteroatoms. The molecule has 2 aromatic carbocycles. The van der Waals surface area contributed by atoms with Gasteiger partial charge in [0.25, 0.3) is 5.56 Å². The molecule has 0 radical (unpaired) electrons. The van der Waals surface area contributed by atoms with E-state index in [1.165, 1.54) is 43.1 Å². The third-order valence-electron chi connectivity index (χ3n) is 9.13. The first-order valence-electron chi connectivity index (χ1n) is 15.2. The van der Waals surface area contributed by atoms with Crippen molar-refractivity contribution in [1.82, 2.24) is 19.3 Å². The summed E-state index contributed by atoms with van der Waals surface area (Å²) in [7, 11) is 1.37. The van der Waals surface area contributed by atoms with E-state index < -0.39 is 17.5 Å². The Balaban J connectivity index is 1.31. The van der Waals surface area contributed by atoms with E-state index in [1.807, 2.05) is 4.90 Å². The lowest BCUT2D eigenvalue weighted by molar-refractivity contribution is -0.131. The van der Waals surface area contributed by atoms with Crippen LogP contribution in [-0.4, -0.2) is 90.4 Å². The fourth-order valence-corrected chi connectivity index (χ4v) is 8.03. The zero-order valence-corrected chi connectivity index (χ0v) is 25.9. The van der Waals surface area contributed by atoms with Crippen molar-refractivity contribution in [3.63, 3.8) is 0 Å². The highest BCUT2D eigenvalue weighted by molar-refractivity contribution is 7.99. The average molecular weight is 627 g/mol. The van der Waals surface area contributed by atoms with Crippen LogP contribution in [0.4, 0.5) is 13.2 Å². The van der Waals surface area contributed by atoms with Gasteiger partial charge in [0.1, 0.15) is 11.6 Å². The van der Waals surface area contributed by atoms with Gasteiger partial charge in [0.15, 0.2) is 11.6 Å². The second-order valence-electron chi connectivity index (χ2n) is 11.8.